The van der Waals surface area contributed by atoms with E-state index < -0.39 is 4.92 Å². The second-order valence-electron chi connectivity index (χ2n) is 3.50. The van der Waals surface area contributed by atoms with E-state index >= 15 is 0 Å². The second kappa shape index (κ2) is 5.13. The molecule has 0 aliphatic heterocycles. The van der Waals surface area contributed by atoms with Crippen LogP contribution in [-0.2, 0) is 0 Å². The number of anilines is 2. The van der Waals surface area contributed by atoms with Crippen LogP contribution in [0.5, 0.6) is 5.75 Å². The molecule has 0 amide bonds. The Bertz CT molecular complexity index is 558. The van der Waals surface area contributed by atoms with E-state index in [0.29, 0.717) is 11.4 Å². The van der Waals surface area contributed by atoms with Gasteiger partial charge in [0.15, 0.2) is 0 Å². The maximum atomic E-state index is 10.7. The molecule has 0 aliphatic rings. The Morgan fingerprint density at radius 1 is 1.28 bits per heavy atom. The highest BCUT2D eigenvalue weighted by atomic mass is 16.6. The van der Waals surface area contributed by atoms with Crippen molar-refractivity contribution in [2.45, 2.75) is 0 Å². The third-order valence-corrected chi connectivity index (χ3v) is 2.36. The fraction of sp³-hybridized carbons (Fsp3) is 0.0833. The van der Waals surface area contributed by atoms with Gasteiger partial charge in [0.05, 0.1) is 23.8 Å². The number of hydrogen-bond donors (Lipinski definition) is 1. The van der Waals surface area contributed by atoms with E-state index in [0.717, 1.165) is 5.69 Å². The predicted octanol–water partition coefficient (Wildman–Crippen LogP) is 2.74. The second-order valence-corrected chi connectivity index (χ2v) is 3.50. The quantitative estimate of drug-likeness (QED) is 0.662. The number of aromatic nitrogens is 1. The molecule has 0 fully saturated rings. The average molecular weight is 245 g/mol. The molecule has 1 heterocycles. The van der Waals surface area contributed by atoms with Crippen molar-refractivity contribution >= 4 is 17.1 Å². The van der Waals surface area contributed by atoms with Crippen LogP contribution >= 0.6 is 0 Å². The number of rotatable bonds is 4. The minimum absolute atomic E-state index is 0.00729. The summed E-state index contributed by atoms with van der Waals surface area (Å²) >= 11 is 0. The Hall–Kier alpha value is -2.63. The van der Waals surface area contributed by atoms with Gasteiger partial charge in [-0.05, 0) is 18.2 Å². The summed E-state index contributed by atoms with van der Waals surface area (Å²) in [6.07, 6.45) is 3.31. The summed E-state index contributed by atoms with van der Waals surface area (Å²) in [7, 11) is 1.47. The molecule has 18 heavy (non-hydrogen) atoms. The smallest absolute Gasteiger partial charge is 0.273 e. The number of nitro groups is 1. The van der Waals surface area contributed by atoms with E-state index in [1.165, 1.54) is 19.2 Å². The predicted molar refractivity (Wildman–Crippen MR) is 67.2 cm³/mol. The molecule has 0 bridgehead atoms. The molecule has 1 aromatic heterocycles. The van der Waals surface area contributed by atoms with Gasteiger partial charge in [-0.15, -0.1) is 0 Å². The number of non-ortho nitro benzene ring substituents is 1. The minimum atomic E-state index is -0.460. The van der Waals surface area contributed by atoms with Crippen LogP contribution in [0.4, 0.5) is 17.1 Å². The lowest BCUT2D eigenvalue weighted by Crippen LogP contribution is -1.96. The Morgan fingerprint density at radius 3 is 2.61 bits per heavy atom. The van der Waals surface area contributed by atoms with E-state index in [9.17, 15) is 10.1 Å². The summed E-state index contributed by atoms with van der Waals surface area (Å²) in [5, 5.41) is 13.8. The van der Waals surface area contributed by atoms with Crippen molar-refractivity contribution in [1.82, 2.24) is 4.98 Å². The van der Waals surface area contributed by atoms with Crippen molar-refractivity contribution < 1.29 is 9.66 Å². The van der Waals surface area contributed by atoms with Crippen LogP contribution in [0.25, 0.3) is 0 Å². The van der Waals surface area contributed by atoms with E-state index in [1.807, 2.05) is 0 Å². The summed E-state index contributed by atoms with van der Waals surface area (Å²) in [5.74, 6) is 0.418. The fourth-order valence-corrected chi connectivity index (χ4v) is 1.49. The van der Waals surface area contributed by atoms with Crippen LogP contribution in [0.3, 0.4) is 0 Å². The number of hydrogen-bond acceptors (Lipinski definition) is 5. The van der Waals surface area contributed by atoms with Crippen molar-refractivity contribution in [2.24, 2.45) is 0 Å². The molecule has 0 saturated carbocycles. The number of pyridine rings is 1. The van der Waals surface area contributed by atoms with Crippen LogP contribution < -0.4 is 10.1 Å². The van der Waals surface area contributed by atoms with Gasteiger partial charge in [-0.25, -0.2) is 0 Å². The fourth-order valence-electron chi connectivity index (χ4n) is 1.49. The van der Waals surface area contributed by atoms with Gasteiger partial charge in [0.25, 0.3) is 5.69 Å². The van der Waals surface area contributed by atoms with Gasteiger partial charge >= 0.3 is 0 Å². The number of nitrogens with one attached hydrogen (secondary N) is 1. The Kier molecular flexibility index (Phi) is 3.38. The van der Waals surface area contributed by atoms with Gasteiger partial charge < -0.3 is 10.1 Å². The van der Waals surface area contributed by atoms with Gasteiger partial charge in [0.1, 0.15) is 5.75 Å². The zero-order valence-electron chi connectivity index (χ0n) is 9.66. The van der Waals surface area contributed by atoms with E-state index in [-0.39, 0.29) is 5.69 Å². The van der Waals surface area contributed by atoms with Crippen LogP contribution in [0.15, 0.2) is 42.7 Å². The Morgan fingerprint density at radius 2 is 2.00 bits per heavy atom. The standard InChI is InChI=1S/C12H11N3O3/c1-18-12-8-10(15(16)17)2-3-11(12)14-9-4-6-13-7-5-9/h2-8H,1H3,(H,13,14). The number of nitrogens with zero attached hydrogens (tertiary/aromatic N) is 2. The first-order chi connectivity index (χ1) is 8.70. The highest BCUT2D eigenvalue weighted by molar-refractivity contribution is 5.68. The van der Waals surface area contributed by atoms with Crippen LogP contribution in [-0.4, -0.2) is 17.0 Å². The monoisotopic (exact) mass is 245 g/mol. The molecule has 0 saturated heterocycles. The van der Waals surface area contributed by atoms with Gasteiger partial charge in [-0.1, -0.05) is 0 Å². The molecule has 0 radical (unpaired) electrons. The molecule has 6 nitrogen and oxygen atoms in total. The molecule has 6 heteroatoms. The van der Waals surface area contributed by atoms with Crippen molar-refractivity contribution in [3.8, 4) is 5.75 Å². The number of methoxy groups -OCH3 is 1. The molecule has 1 N–H and O–H groups in total. The van der Waals surface area contributed by atoms with Crippen molar-refractivity contribution in [2.75, 3.05) is 12.4 Å². The topological polar surface area (TPSA) is 77.3 Å². The SMILES string of the molecule is COc1cc([N+](=O)[O-])ccc1Nc1ccncc1. The van der Waals surface area contributed by atoms with Gasteiger partial charge in [-0.3, -0.25) is 15.1 Å². The van der Waals surface area contributed by atoms with Crippen LogP contribution in [0.1, 0.15) is 0 Å². The van der Waals surface area contributed by atoms with E-state index in [1.54, 1.807) is 30.6 Å². The average Bonchev–Trinajstić information content (AvgIpc) is 2.40. The maximum absolute atomic E-state index is 10.7. The van der Waals surface area contributed by atoms with E-state index in [2.05, 4.69) is 10.3 Å². The third kappa shape index (κ3) is 2.54. The van der Waals surface area contributed by atoms with Crippen molar-refractivity contribution in [1.29, 1.82) is 0 Å². The lowest BCUT2D eigenvalue weighted by atomic mass is 10.2. The first kappa shape index (κ1) is 11.8. The largest absolute Gasteiger partial charge is 0.494 e. The molecule has 92 valence electrons. The number of benzene rings is 1. The number of ether oxygens (including phenoxy) is 1. The summed E-state index contributed by atoms with van der Waals surface area (Å²) < 4.78 is 5.13. The Labute approximate surface area is 103 Å². The minimum Gasteiger partial charge on any atom is -0.494 e. The highest BCUT2D eigenvalue weighted by Crippen LogP contribution is 2.31. The molecule has 2 rings (SSSR count). The lowest BCUT2D eigenvalue weighted by molar-refractivity contribution is -0.384. The lowest BCUT2D eigenvalue weighted by Gasteiger charge is -2.10. The van der Waals surface area contributed by atoms with Crippen molar-refractivity contribution in [3.05, 3.63) is 52.8 Å². The summed E-state index contributed by atoms with van der Waals surface area (Å²) in [5.41, 5.74) is 1.48. The molecular weight excluding hydrogens is 234 g/mol. The molecule has 2 aromatic rings. The first-order valence-electron chi connectivity index (χ1n) is 5.20. The first-order valence-corrected chi connectivity index (χ1v) is 5.20. The van der Waals surface area contributed by atoms with Crippen LogP contribution in [0, 0.1) is 10.1 Å². The molecule has 0 spiro atoms. The number of nitro benzene ring substituents is 1. The molecule has 0 unspecified atom stereocenters. The molecule has 0 atom stereocenters. The zero-order valence-corrected chi connectivity index (χ0v) is 9.66. The Balaban J connectivity index is 2.31. The summed E-state index contributed by atoms with van der Waals surface area (Å²) in [6.45, 7) is 0. The van der Waals surface area contributed by atoms with Gasteiger partial charge in [0, 0.05) is 24.1 Å². The van der Waals surface area contributed by atoms with Gasteiger partial charge in [-0.2, -0.15) is 0 Å². The molecule has 0 aliphatic carbocycles. The highest BCUT2D eigenvalue weighted by Gasteiger charge is 2.11. The van der Waals surface area contributed by atoms with Crippen molar-refractivity contribution in [3.63, 3.8) is 0 Å². The van der Waals surface area contributed by atoms with Crippen LogP contribution in [0.2, 0.25) is 0 Å². The van der Waals surface area contributed by atoms with E-state index in [4.69, 9.17) is 4.74 Å². The normalized spacial score (nSPS) is 9.83. The summed E-state index contributed by atoms with van der Waals surface area (Å²) in [6, 6.07) is 7.99. The molecular formula is C12H11N3O3. The zero-order chi connectivity index (χ0) is 13.0. The summed E-state index contributed by atoms with van der Waals surface area (Å²) in [4.78, 5) is 14.1. The maximum Gasteiger partial charge on any atom is 0.273 e. The third-order valence-electron chi connectivity index (χ3n) is 2.36. The molecule has 1 aromatic carbocycles. The van der Waals surface area contributed by atoms with Gasteiger partial charge in [0.2, 0.25) is 0 Å².